The highest BCUT2D eigenvalue weighted by molar-refractivity contribution is 6.29. The van der Waals surface area contributed by atoms with E-state index in [1.54, 1.807) is 0 Å². The smallest absolute Gasteiger partial charge is 0.258 e. The van der Waals surface area contributed by atoms with Gasteiger partial charge in [-0.05, 0) is 12.1 Å². The van der Waals surface area contributed by atoms with Crippen LogP contribution in [0.15, 0.2) is 30.4 Å². The number of carbonyl (C=O) groups is 2. The molecule has 0 saturated heterocycles. The molecule has 4 nitrogen and oxygen atoms in total. The van der Waals surface area contributed by atoms with Crippen molar-refractivity contribution in [1.82, 2.24) is 0 Å². The van der Waals surface area contributed by atoms with Gasteiger partial charge in [0.1, 0.15) is 5.82 Å². The van der Waals surface area contributed by atoms with Crippen LogP contribution in [0.1, 0.15) is 0 Å². The maximum absolute atomic E-state index is 12.9. The van der Waals surface area contributed by atoms with Gasteiger partial charge in [0.2, 0.25) is 0 Å². The summed E-state index contributed by atoms with van der Waals surface area (Å²) in [5.41, 5.74) is 5.81. The van der Waals surface area contributed by atoms with Gasteiger partial charge in [-0.1, -0.05) is 0 Å². The molecule has 2 N–H and O–H groups in total. The molecule has 0 aliphatic carbocycles. The predicted octanol–water partition coefficient (Wildman–Crippen LogP) is 0.837. The number of halogens is 1. The van der Waals surface area contributed by atoms with Gasteiger partial charge in [-0.3, -0.25) is 9.59 Å². The maximum Gasteiger partial charge on any atom is 0.258 e. The van der Waals surface area contributed by atoms with Crippen LogP contribution in [0.25, 0.3) is 0 Å². The number of hydrogen-bond donors (Lipinski definition) is 1. The quantitative estimate of drug-likeness (QED) is 0.547. The normalized spacial score (nSPS) is 15.1. The van der Waals surface area contributed by atoms with Gasteiger partial charge in [0.25, 0.3) is 11.8 Å². The molecule has 15 heavy (non-hydrogen) atoms. The second-order valence-electron chi connectivity index (χ2n) is 3.05. The van der Waals surface area contributed by atoms with Crippen LogP contribution in [0.4, 0.5) is 15.8 Å². The third-order valence-electron chi connectivity index (χ3n) is 2.04. The number of anilines is 2. The molecule has 1 aromatic carbocycles. The second-order valence-corrected chi connectivity index (χ2v) is 3.05. The van der Waals surface area contributed by atoms with Gasteiger partial charge < -0.3 is 5.73 Å². The van der Waals surface area contributed by atoms with Gasteiger partial charge in [0, 0.05) is 18.2 Å². The number of amides is 2. The summed E-state index contributed by atoms with van der Waals surface area (Å²) in [6.45, 7) is 0. The summed E-state index contributed by atoms with van der Waals surface area (Å²) in [5.74, 6) is -1.58. The zero-order chi connectivity index (χ0) is 11.0. The van der Waals surface area contributed by atoms with Gasteiger partial charge in [-0.2, -0.15) is 0 Å². The summed E-state index contributed by atoms with van der Waals surface area (Å²) < 4.78 is 12.9. The minimum atomic E-state index is -0.549. The molecule has 1 aromatic rings. The molecule has 0 aromatic heterocycles. The average Bonchev–Trinajstić information content (AvgIpc) is 2.51. The van der Waals surface area contributed by atoms with Crippen molar-refractivity contribution in [1.29, 1.82) is 0 Å². The van der Waals surface area contributed by atoms with Gasteiger partial charge in [0.05, 0.1) is 11.4 Å². The van der Waals surface area contributed by atoms with E-state index < -0.39 is 17.6 Å². The summed E-state index contributed by atoms with van der Waals surface area (Å²) in [4.78, 5) is 23.4. The number of carbonyl (C=O) groups excluding carboxylic acids is 2. The summed E-state index contributed by atoms with van der Waals surface area (Å²) >= 11 is 0. The minimum Gasteiger partial charge on any atom is -0.397 e. The Balaban J connectivity index is 2.50. The molecule has 0 bridgehead atoms. The fourth-order valence-corrected chi connectivity index (χ4v) is 1.35. The number of rotatable bonds is 1. The van der Waals surface area contributed by atoms with Crippen molar-refractivity contribution in [3.8, 4) is 0 Å². The maximum atomic E-state index is 12.9. The van der Waals surface area contributed by atoms with Crippen LogP contribution in [-0.2, 0) is 9.59 Å². The van der Waals surface area contributed by atoms with Crippen molar-refractivity contribution in [2.75, 3.05) is 10.6 Å². The molecule has 0 saturated carbocycles. The lowest BCUT2D eigenvalue weighted by Gasteiger charge is -2.15. The SMILES string of the molecule is Nc1ccc(F)cc1N1C(=O)C=CC1=O. The summed E-state index contributed by atoms with van der Waals surface area (Å²) in [6.07, 6.45) is 2.24. The lowest BCUT2D eigenvalue weighted by Crippen LogP contribution is -2.30. The Morgan fingerprint density at radius 3 is 2.33 bits per heavy atom. The predicted molar refractivity (Wildman–Crippen MR) is 52.4 cm³/mol. The van der Waals surface area contributed by atoms with E-state index in [0.717, 1.165) is 29.2 Å². The number of hydrogen-bond acceptors (Lipinski definition) is 3. The number of imide groups is 1. The van der Waals surface area contributed by atoms with Crippen molar-refractivity contribution < 1.29 is 14.0 Å². The van der Waals surface area contributed by atoms with Gasteiger partial charge in [0.15, 0.2) is 0 Å². The van der Waals surface area contributed by atoms with Gasteiger partial charge in [-0.15, -0.1) is 0 Å². The third kappa shape index (κ3) is 1.48. The molecule has 0 atom stereocenters. The molecule has 1 aliphatic rings. The van der Waals surface area contributed by atoms with Crippen LogP contribution in [0.2, 0.25) is 0 Å². The highest BCUT2D eigenvalue weighted by atomic mass is 19.1. The van der Waals surface area contributed by atoms with E-state index in [4.69, 9.17) is 5.73 Å². The first-order valence-corrected chi connectivity index (χ1v) is 4.21. The third-order valence-corrected chi connectivity index (χ3v) is 2.04. The Kier molecular flexibility index (Phi) is 2.00. The molecule has 0 radical (unpaired) electrons. The van der Waals surface area contributed by atoms with E-state index in [1.165, 1.54) is 6.07 Å². The summed E-state index contributed by atoms with van der Waals surface area (Å²) in [7, 11) is 0. The van der Waals surface area contributed by atoms with Crippen LogP contribution in [-0.4, -0.2) is 11.8 Å². The number of benzene rings is 1. The van der Waals surface area contributed by atoms with Crippen molar-refractivity contribution in [2.45, 2.75) is 0 Å². The van der Waals surface area contributed by atoms with Crippen molar-refractivity contribution in [2.24, 2.45) is 0 Å². The fourth-order valence-electron chi connectivity index (χ4n) is 1.35. The molecule has 5 heteroatoms. The van der Waals surface area contributed by atoms with Crippen LogP contribution in [0, 0.1) is 5.82 Å². The van der Waals surface area contributed by atoms with E-state index >= 15 is 0 Å². The molecule has 1 heterocycles. The molecule has 0 fully saturated rings. The number of nitrogen functional groups attached to an aromatic ring is 1. The lowest BCUT2D eigenvalue weighted by atomic mass is 10.2. The van der Waals surface area contributed by atoms with Gasteiger partial charge in [-0.25, -0.2) is 9.29 Å². The largest absolute Gasteiger partial charge is 0.397 e. The molecule has 0 unspecified atom stereocenters. The van der Waals surface area contributed by atoms with Crippen LogP contribution < -0.4 is 10.6 Å². The summed E-state index contributed by atoms with van der Waals surface area (Å²) in [6, 6.07) is 3.53. The van der Waals surface area contributed by atoms with Crippen molar-refractivity contribution in [3.63, 3.8) is 0 Å². The fraction of sp³-hybridized carbons (Fsp3) is 0. The summed E-state index contributed by atoms with van der Waals surface area (Å²) in [5, 5.41) is 0. The van der Waals surface area contributed by atoms with Crippen molar-refractivity contribution in [3.05, 3.63) is 36.2 Å². The zero-order valence-electron chi connectivity index (χ0n) is 7.61. The molecule has 2 amide bonds. The Labute approximate surface area is 84.8 Å². The number of nitrogens with zero attached hydrogens (tertiary/aromatic N) is 1. The zero-order valence-corrected chi connectivity index (χ0v) is 7.61. The first kappa shape index (κ1) is 9.39. The first-order chi connectivity index (χ1) is 7.09. The molecule has 0 spiro atoms. The Bertz CT molecular complexity index is 464. The monoisotopic (exact) mass is 206 g/mol. The van der Waals surface area contributed by atoms with Crippen LogP contribution in [0.5, 0.6) is 0 Å². The van der Waals surface area contributed by atoms with Crippen molar-refractivity contribution >= 4 is 23.2 Å². The van der Waals surface area contributed by atoms with Crippen LogP contribution >= 0.6 is 0 Å². The Morgan fingerprint density at radius 2 is 1.73 bits per heavy atom. The second kappa shape index (κ2) is 3.20. The van der Waals surface area contributed by atoms with Gasteiger partial charge >= 0.3 is 0 Å². The van der Waals surface area contributed by atoms with E-state index in [1.807, 2.05) is 0 Å². The minimum absolute atomic E-state index is 0.0787. The topological polar surface area (TPSA) is 63.4 Å². The molecular formula is C10H7FN2O2. The lowest BCUT2D eigenvalue weighted by molar-refractivity contribution is -0.119. The molecule has 76 valence electrons. The van der Waals surface area contributed by atoms with E-state index in [2.05, 4.69) is 0 Å². The molecule has 1 aliphatic heterocycles. The standard InChI is InChI=1S/C10H7FN2O2/c11-6-1-2-7(12)8(5-6)13-9(14)3-4-10(13)15/h1-5H,12H2. The highest BCUT2D eigenvalue weighted by Crippen LogP contribution is 2.26. The Morgan fingerprint density at radius 1 is 1.13 bits per heavy atom. The Hall–Kier alpha value is -2.17. The number of nitrogens with two attached hydrogens (primary N) is 1. The van der Waals surface area contributed by atoms with E-state index in [0.29, 0.717) is 0 Å². The first-order valence-electron chi connectivity index (χ1n) is 4.21. The molecule has 2 rings (SSSR count). The molecular weight excluding hydrogens is 199 g/mol. The average molecular weight is 206 g/mol. The van der Waals surface area contributed by atoms with Crippen LogP contribution in [0.3, 0.4) is 0 Å². The highest BCUT2D eigenvalue weighted by Gasteiger charge is 2.26. The van der Waals surface area contributed by atoms with E-state index in [-0.39, 0.29) is 11.4 Å². The van der Waals surface area contributed by atoms with E-state index in [9.17, 15) is 14.0 Å².